The molecule has 1 aromatic carbocycles. The van der Waals surface area contributed by atoms with Gasteiger partial charge in [0.25, 0.3) is 0 Å². The number of hydrogen-bond acceptors (Lipinski definition) is 5. The molecule has 1 aliphatic rings. The first-order valence-corrected chi connectivity index (χ1v) is 8.31. The Labute approximate surface area is 119 Å². The lowest BCUT2D eigenvalue weighted by molar-refractivity contribution is 0.414. The first-order valence-electron chi connectivity index (χ1n) is 5.56. The number of benzene rings is 1. The van der Waals surface area contributed by atoms with Crippen LogP contribution in [0.5, 0.6) is 5.75 Å². The third-order valence-corrected chi connectivity index (χ3v) is 6.83. The summed E-state index contributed by atoms with van der Waals surface area (Å²) in [5.41, 5.74) is 8.58. The molecule has 2 nitrogen and oxygen atoms in total. The summed E-state index contributed by atoms with van der Waals surface area (Å²) in [6.45, 7) is 0. The predicted octanol–water partition coefficient (Wildman–Crippen LogP) is 4.38. The van der Waals surface area contributed by atoms with Gasteiger partial charge in [-0.15, -0.1) is 23.1 Å². The van der Waals surface area contributed by atoms with E-state index >= 15 is 0 Å². The van der Waals surface area contributed by atoms with Crippen molar-refractivity contribution in [3.8, 4) is 5.75 Å². The Bertz CT molecular complexity index is 550. The van der Waals surface area contributed by atoms with Gasteiger partial charge in [0.2, 0.25) is 0 Å². The number of thiophene rings is 1. The summed E-state index contributed by atoms with van der Waals surface area (Å²) in [5, 5.41) is 0.920. The normalized spacial score (nSPS) is 18.4. The summed E-state index contributed by atoms with van der Waals surface area (Å²) >= 11 is 5.56. The van der Waals surface area contributed by atoms with Crippen molar-refractivity contribution in [3.63, 3.8) is 0 Å². The number of anilines is 1. The zero-order valence-corrected chi connectivity index (χ0v) is 12.3. The van der Waals surface area contributed by atoms with Gasteiger partial charge < -0.3 is 10.5 Å². The first kappa shape index (κ1) is 12.3. The van der Waals surface area contributed by atoms with Crippen LogP contribution in [0.25, 0.3) is 0 Å². The molecule has 2 aromatic rings. The lowest BCUT2D eigenvalue weighted by Gasteiger charge is -2.21. The summed E-state index contributed by atoms with van der Waals surface area (Å²) in [6, 6.07) is 10.4. The van der Waals surface area contributed by atoms with Crippen molar-refractivity contribution in [2.45, 2.75) is 14.5 Å². The molecule has 0 fully saturated rings. The van der Waals surface area contributed by atoms with Crippen LogP contribution in [0.1, 0.15) is 15.7 Å². The summed E-state index contributed by atoms with van der Waals surface area (Å²) in [5.74, 6) is 1.96. The Morgan fingerprint density at radius 3 is 2.78 bits per heavy atom. The Hall–Kier alpha value is -0.780. The van der Waals surface area contributed by atoms with Gasteiger partial charge in [-0.05, 0) is 29.3 Å². The van der Waals surface area contributed by atoms with Gasteiger partial charge in [0.15, 0.2) is 0 Å². The average molecular weight is 295 g/mol. The average Bonchev–Trinajstić information content (AvgIpc) is 2.78. The molecule has 1 unspecified atom stereocenters. The topological polar surface area (TPSA) is 35.2 Å². The Balaban J connectivity index is 1.82. The SMILES string of the molecule is COc1ccc(C2SCc3cc(N)sc3S2)cc1. The van der Waals surface area contributed by atoms with E-state index in [2.05, 4.69) is 18.2 Å². The van der Waals surface area contributed by atoms with Crippen molar-refractivity contribution >= 4 is 39.9 Å². The lowest BCUT2D eigenvalue weighted by Crippen LogP contribution is -1.96. The van der Waals surface area contributed by atoms with E-state index < -0.39 is 0 Å². The van der Waals surface area contributed by atoms with Crippen LogP contribution in [0, 0.1) is 0 Å². The maximum atomic E-state index is 5.86. The van der Waals surface area contributed by atoms with E-state index in [-0.39, 0.29) is 0 Å². The van der Waals surface area contributed by atoms with Crippen LogP contribution in [0.15, 0.2) is 34.5 Å². The second-order valence-corrected chi connectivity index (χ2v) is 7.84. The summed E-state index contributed by atoms with van der Waals surface area (Å²) < 4.78 is 7.02. The molecule has 0 saturated carbocycles. The predicted molar refractivity (Wildman–Crippen MR) is 81.6 cm³/mol. The monoisotopic (exact) mass is 295 g/mol. The summed E-state index contributed by atoms with van der Waals surface area (Å²) in [7, 11) is 1.69. The molecule has 18 heavy (non-hydrogen) atoms. The Kier molecular flexibility index (Phi) is 3.46. The molecule has 0 aliphatic carbocycles. The minimum absolute atomic E-state index is 0.460. The number of fused-ring (bicyclic) bond motifs is 1. The minimum Gasteiger partial charge on any atom is -0.497 e. The second-order valence-electron chi connectivity index (χ2n) is 4.00. The number of thioether (sulfide) groups is 2. The maximum absolute atomic E-state index is 5.86. The second kappa shape index (κ2) is 5.07. The van der Waals surface area contributed by atoms with Crippen LogP contribution in [0.3, 0.4) is 0 Å². The Morgan fingerprint density at radius 1 is 1.28 bits per heavy atom. The highest BCUT2D eigenvalue weighted by molar-refractivity contribution is 8.17. The molecule has 1 atom stereocenters. The zero-order chi connectivity index (χ0) is 12.5. The van der Waals surface area contributed by atoms with Crippen LogP contribution in [0.2, 0.25) is 0 Å². The Morgan fingerprint density at radius 2 is 2.06 bits per heavy atom. The van der Waals surface area contributed by atoms with E-state index in [0.717, 1.165) is 16.5 Å². The van der Waals surface area contributed by atoms with Gasteiger partial charge in [-0.2, -0.15) is 0 Å². The molecule has 0 spiro atoms. The highest BCUT2D eigenvalue weighted by atomic mass is 32.2. The van der Waals surface area contributed by atoms with Gasteiger partial charge in [-0.1, -0.05) is 23.9 Å². The fourth-order valence-electron chi connectivity index (χ4n) is 1.86. The van der Waals surface area contributed by atoms with Crippen molar-refractivity contribution < 1.29 is 4.74 Å². The molecule has 94 valence electrons. The van der Waals surface area contributed by atoms with Gasteiger partial charge in [0, 0.05) is 5.75 Å². The molecule has 0 radical (unpaired) electrons. The number of hydrogen-bond donors (Lipinski definition) is 1. The molecular weight excluding hydrogens is 282 g/mol. The highest BCUT2D eigenvalue weighted by Gasteiger charge is 2.23. The van der Waals surface area contributed by atoms with Crippen LogP contribution < -0.4 is 10.5 Å². The van der Waals surface area contributed by atoms with Crippen molar-refractivity contribution in [3.05, 3.63) is 41.5 Å². The smallest absolute Gasteiger partial charge is 0.118 e. The first-order chi connectivity index (χ1) is 8.76. The van der Waals surface area contributed by atoms with Gasteiger partial charge in [-0.3, -0.25) is 0 Å². The molecule has 2 N–H and O–H groups in total. The molecule has 2 heterocycles. The minimum atomic E-state index is 0.460. The lowest BCUT2D eigenvalue weighted by atomic mass is 10.2. The van der Waals surface area contributed by atoms with Gasteiger partial charge in [0.05, 0.1) is 20.9 Å². The number of rotatable bonds is 2. The van der Waals surface area contributed by atoms with E-state index in [9.17, 15) is 0 Å². The van der Waals surface area contributed by atoms with E-state index in [1.165, 1.54) is 15.3 Å². The van der Waals surface area contributed by atoms with Crippen molar-refractivity contribution in [2.75, 3.05) is 12.8 Å². The molecule has 3 rings (SSSR count). The molecule has 0 amide bonds. The summed E-state index contributed by atoms with van der Waals surface area (Å²) in [6.07, 6.45) is 0. The molecular formula is C13H13NOS3. The van der Waals surface area contributed by atoms with Crippen molar-refractivity contribution in [2.24, 2.45) is 0 Å². The van der Waals surface area contributed by atoms with Crippen LogP contribution >= 0.6 is 34.9 Å². The van der Waals surface area contributed by atoms with Gasteiger partial charge in [-0.25, -0.2) is 0 Å². The van der Waals surface area contributed by atoms with E-state index in [1.54, 1.807) is 18.4 Å². The van der Waals surface area contributed by atoms with E-state index in [0.29, 0.717) is 4.58 Å². The molecule has 5 heteroatoms. The fraction of sp³-hybridized carbons (Fsp3) is 0.231. The number of methoxy groups -OCH3 is 1. The van der Waals surface area contributed by atoms with Crippen LogP contribution in [-0.2, 0) is 5.75 Å². The highest BCUT2D eigenvalue weighted by Crippen LogP contribution is 2.53. The maximum Gasteiger partial charge on any atom is 0.118 e. The van der Waals surface area contributed by atoms with E-state index in [4.69, 9.17) is 10.5 Å². The number of ether oxygens (including phenoxy) is 1. The molecule has 1 aliphatic heterocycles. The van der Waals surface area contributed by atoms with Crippen LogP contribution in [0.4, 0.5) is 5.00 Å². The fourth-order valence-corrected chi connectivity index (χ4v) is 6.11. The number of nitrogens with two attached hydrogens (primary N) is 1. The largest absolute Gasteiger partial charge is 0.497 e. The number of nitrogen functional groups attached to an aromatic ring is 1. The summed E-state index contributed by atoms with van der Waals surface area (Å²) in [4.78, 5) is 0. The van der Waals surface area contributed by atoms with Crippen molar-refractivity contribution in [1.29, 1.82) is 0 Å². The quantitative estimate of drug-likeness (QED) is 0.892. The van der Waals surface area contributed by atoms with Crippen molar-refractivity contribution in [1.82, 2.24) is 0 Å². The van der Waals surface area contributed by atoms with Gasteiger partial charge >= 0.3 is 0 Å². The third-order valence-electron chi connectivity index (χ3n) is 2.78. The van der Waals surface area contributed by atoms with E-state index in [1.807, 2.05) is 35.7 Å². The third kappa shape index (κ3) is 2.35. The molecule has 1 aromatic heterocycles. The van der Waals surface area contributed by atoms with Crippen LogP contribution in [-0.4, -0.2) is 7.11 Å². The molecule has 0 bridgehead atoms. The standard InChI is InChI=1S/C13H13NOS3/c1-15-10-4-2-8(3-5-10)12-16-7-9-6-11(14)17-13(9)18-12/h2-6,12H,7,14H2,1H3. The zero-order valence-electron chi connectivity index (χ0n) is 9.88. The molecule has 0 saturated heterocycles. The van der Waals surface area contributed by atoms with Gasteiger partial charge in [0.1, 0.15) is 5.75 Å².